The van der Waals surface area contributed by atoms with Crippen LogP contribution in [0.15, 0.2) is 0 Å². The van der Waals surface area contributed by atoms with E-state index in [-0.39, 0.29) is 23.8 Å². The van der Waals surface area contributed by atoms with Crippen LogP contribution < -0.4 is 5.32 Å². The molecule has 1 unspecified atom stereocenters. The number of carboxylic acids is 1. The van der Waals surface area contributed by atoms with Crippen LogP contribution in [0.1, 0.15) is 39.0 Å². The number of amides is 2. The van der Waals surface area contributed by atoms with Gasteiger partial charge < -0.3 is 15.3 Å². The second-order valence-electron chi connectivity index (χ2n) is 5.69. The molecule has 0 radical (unpaired) electrons. The lowest BCUT2D eigenvalue weighted by Gasteiger charge is -2.34. The number of hydrogen-bond donors (Lipinski definition) is 2. The van der Waals surface area contributed by atoms with Crippen LogP contribution in [0.2, 0.25) is 0 Å². The lowest BCUT2D eigenvalue weighted by molar-refractivity contribution is -0.146. The van der Waals surface area contributed by atoms with Gasteiger partial charge in [0.25, 0.3) is 0 Å². The van der Waals surface area contributed by atoms with E-state index in [1.807, 2.05) is 6.92 Å². The molecule has 2 aliphatic rings. The van der Waals surface area contributed by atoms with Gasteiger partial charge in [-0.15, -0.1) is 11.8 Å². The Balaban J connectivity index is 1.81. The summed E-state index contributed by atoms with van der Waals surface area (Å²) in [6.07, 6.45) is 3.28. The van der Waals surface area contributed by atoms with Crippen molar-refractivity contribution in [2.24, 2.45) is 5.92 Å². The zero-order valence-electron chi connectivity index (χ0n) is 12.2. The van der Waals surface area contributed by atoms with Crippen molar-refractivity contribution in [2.75, 3.05) is 11.6 Å². The zero-order valence-corrected chi connectivity index (χ0v) is 13.0. The summed E-state index contributed by atoms with van der Waals surface area (Å²) in [5.74, 6) is -0.0384. The number of carbonyl (C=O) groups excluding carboxylic acids is 2. The Morgan fingerprint density at radius 2 is 2.05 bits per heavy atom. The summed E-state index contributed by atoms with van der Waals surface area (Å²) in [5.41, 5.74) is 0. The Morgan fingerprint density at radius 1 is 1.33 bits per heavy atom. The van der Waals surface area contributed by atoms with Crippen molar-refractivity contribution in [1.29, 1.82) is 0 Å². The van der Waals surface area contributed by atoms with Gasteiger partial charge in [0.05, 0.1) is 11.8 Å². The number of carboxylic acid groups (broad SMARTS) is 1. The first-order valence-corrected chi connectivity index (χ1v) is 8.58. The third-order valence-corrected chi connectivity index (χ3v) is 5.10. The van der Waals surface area contributed by atoms with Gasteiger partial charge in [-0.3, -0.25) is 14.4 Å². The summed E-state index contributed by atoms with van der Waals surface area (Å²) in [7, 11) is 0. The van der Waals surface area contributed by atoms with Crippen molar-refractivity contribution in [1.82, 2.24) is 10.2 Å². The van der Waals surface area contributed by atoms with Crippen molar-refractivity contribution in [3.63, 3.8) is 0 Å². The Hall–Kier alpha value is -1.24. The van der Waals surface area contributed by atoms with Crippen LogP contribution in [-0.4, -0.2) is 51.5 Å². The first-order valence-electron chi connectivity index (χ1n) is 7.43. The van der Waals surface area contributed by atoms with Crippen molar-refractivity contribution in [2.45, 2.75) is 51.1 Å². The van der Waals surface area contributed by atoms with E-state index in [1.165, 1.54) is 0 Å². The lowest BCUT2D eigenvalue weighted by Crippen LogP contribution is -2.53. The highest BCUT2D eigenvalue weighted by atomic mass is 32.2. The van der Waals surface area contributed by atoms with Gasteiger partial charge in [-0.1, -0.05) is 13.3 Å². The molecule has 6 nitrogen and oxygen atoms in total. The third-order valence-electron chi connectivity index (χ3n) is 4.08. The second kappa shape index (κ2) is 7.15. The smallest absolute Gasteiger partial charge is 0.306 e. The molecule has 1 heterocycles. The highest BCUT2D eigenvalue weighted by molar-refractivity contribution is 7.99. The molecule has 0 aromatic carbocycles. The standard InChI is InChI=1S/C14H22N2O4S/c1-2-3-4-12(17)16-8-21-7-11(16)13(18)15-10-5-9(6-10)14(19)20/h9-11H,2-8H2,1H3,(H,15,18)(H,19,20). The summed E-state index contributed by atoms with van der Waals surface area (Å²) in [5, 5.41) is 11.7. The summed E-state index contributed by atoms with van der Waals surface area (Å²) in [6.45, 7) is 2.03. The monoisotopic (exact) mass is 314 g/mol. The molecule has 0 aromatic heterocycles. The molecule has 1 saturated carbocycles. The van der Waals surface area contributed by atoms with E-state index < -0.39 is 12.0 Å². The molecule has 2 amide bonds. The minimum atomic E-state index is -0.798. The minimum Gasteiger partial charge on any atom is -0.481 e. The molecule has 1 atom stereocenters. The average molecular weight is 314 g/mol. The summed E-state index contributed by atoms with van der Waals surface area (Å²) < 4.78 is 0. The quantitative estimate of drug-likeness (QED) is 0.765. The number of nitrogens with zero attached hydrogens (tertiary/aromatic N) is 1. The van der Waals surface area contributed by atoms with E-state index in [0.717, 1.165) is 12.8 Å². The van der Waals surface area contributed by atoms with E-state index in [9.17, 15) is 14.4 Å². The van der Waals surface area contributed by atoms with E-state index >= 15 is 0 Å². The summed E-state index contributed by atoms with van der Waals surface area (Å²) >= 11 is 1.59. The fourth-order valence-corrected chi connectivity index (χ4v) is 3.79. The number of thioether (sulfide) groups is 1. The number of aliphatic carboxylic acids is 1. The normalized spacial score (nSPS) is 28.0. The molecule has 21 heavy (non-hydrogen) atoms. The number of carbonyl (C=O) groups is 3. The van der Waals surface area contributed by atoms with Gasteiger partial charge in [-0.05, 0) is 19.3 Å². The van der Waals surface area contributed by atoms with Crippen LogP contribution in [0.25, 0.3) is 0 Å². The van der Waals surface area contributed by atoms with Crippen LogP contribution in [-0.2, 0) is 14.4 Å². The summed E-state index contributed by atoms with van der Waals surface area (Å²) in [6, 6.07) is -0.458. The Kier molecular flexibility index (Phi) is 5.50. The zero-order chi connectivity index (χ0) is 15.4. The number of nitrogens with one attached hydrogen (secondary N) is 1. The first kappa shape index (κ1) is 16.1. The molecule has 1 aliphatic heterocycles. The van der Waals surface area contributed by atoms with Crippen LogP contribution in [0.5, 0.6) is 0 Å². The number of hydrogen-bond acceptors (Lipinski definition) is 4. The fraction of sp³-hybridized carbons (Fsp3) is 0.786. The van der Waals surface area contributed by atoms with Gasteiger partial charge in [0.1, 0.15) is 6.04 Å². The molecular weight excluding hydrogens is 292 g/mol. The molecule has 1 aliphatic carbocycles. The minimum absolute atomic E-state index is 0.0408. The molecule has 7 heteroatoms. The van der Waals surface area contributed by atoms with Gasteiger partial charge in [0.2, 0.25) is 11.8 Å². The molecule has 2 N–H and O–H groups in total. The van der Waals surface area contributed by atoms with Crippen LogP contribution in [0, 0.1) is 5.92 Å². The lowest BCUT2D eigenvalue weighted by atomic mass is 9.80. The Bertz CT molecular complexity index is 423. The third kappa shape index (κ3) is 3.90. The van der Waals surface area contributed by atoms with Crippen molar-refractivity contribution < 1.29 is 19.5 Å². The molecule has 0 aromatic rings. The van der Waals surface area contributed by atoms with Gasteiger partial charge >= 0.3 is 5.97 Å². The summed E-state index contributed by atoms with van der Waals surface area (Å²) in [4.78, 5) is 36.7. The van der Waals surface area contributed by atoms with E-state index in [0.29, 0.717) is 30.9 Å². The topological polar surface area (TPSA) is 86.7 Å². The first-order chi connectivity index (χ1) is 10.0. The largest absolute Gasteiger partial charge is 0.481 e. The predicted molar refractivity (Wildman–Crippen MR) is 79.8 cm³/mol. The molecule has 0 spiro atoms. The van der Waals surface area contributed by atoms with Crippen LogP contribution in [0.3, 0.4) is 0 Å². The van der Waals surface area contributed by atoms with Gasteiger partial charge in [0, 0.05) is 18.2 Å². The molecule has 2 rings (SSSR count). The van der Waals surface area contributed by atoms with Gasteiger partial charge in [-0.2, -0.15) is 0 Å². The van der Waals surface area contributed by atoms with Crippen molar-refractivity contribution in [3.05, 3.63) is 0 Å². The van der Waals surface area contributed by atoms with Crippen molar-refractivity contribution in [3.8, 4) is 0 Å². The molecule has 118 valence electrons. The maximum atomic E-state index is 12.2. The average Bonchev–Trinajstić information content (AvgIpc) is 2.88. The highest BCUT2D eigenvalue weighted by Gasteiger charge is 2.39. The number of unbranched alkanes of at least 4 members (excludes halogenated alkanes) is 1. The highest BCUT2D eigenvalue weighted by Crippen LogP contribution is 2.28. The molecule has 1 saturated heterocycles. The maximum absolute atomic E-state index is 12.2. The van der Waals surface area contributed by atoms with E-state index in [1.54, 1.807) is 16.7 Å². The van der Waals surface area contributed by atoms with E-state index in [2.05, 4.69) is 5.32 Å². The van der Waals surface area contributed by atoms with Gasteiger partial charge in [-0.25, -0.2) is 0 Å². The van der Waals surface area contributed by atoms with Crippen LogP contribution in [0.4, 0.5) is 0 Å². The van der Waals surface area contributed by atoms with Crippen LogP contribution >= 0.6 is 11.8 Å². The van der Waals surface area contributed by atoms with Crippen molar-refractivity contribution >= 4 is 29.5 Å². The maximum Gasteiger partial charge on any atom is 0.306 e. The SMILES string of the molecule is CCCCC(=O)N1CSCC1C(=O)NC1CC(C(=O)O)C1. The molecule has 0 bridgehead atoms. The number of rotatable bonds is 6. The predicted octanol–water partition coefficient (Wildman–Crippen LogP) is 1.06. The molecular formula is C14H22N2O4S. The second-order valence-corrected chi connectivity index (χ2v) is 6.69. The van der Waals surface area contributed by atoms with E-state index in [4.69, 9.17) is 5.11 Å². The van der Waals surface area contributed by atoms with Gasteiger partial charge in [0.15, 0.2) is 0 Å². The Labute approximate surface area is 128 Å². The molecule has 2 fully saturated rings. The fourth-order valence-electron chi connectivity index (χ4n) is 2.61. The Morgan fingerprint density at radius 3 is 2.67 bits per heavy atom.